The molecule has 0 aliphatic carbocycles. The lowest BCUT2D eigenvalue weighted by atomic mass is 10.00. The van der Waals surface area contributed by atoms with Gasteiger partial charge in [-0.15, -0.1) is 4.52 Å². The minimum absolute atomic E-state index is 0.0401. The molecule has 0 aromatic heterocycles. The summed E-state index contributed by atoms with van der Waals surface area (Å²) >= 11 is 0. The molecule has 1 heterocycles. The van der Waals surface area contributed by atoms with E-state index in [9.17, 15) is 9.67 Å². The molecule has 1 N–H and O–H groups in total. The van der Waals surface area contributed by atoms with E-state index in [2.05, 4.69) is 0 Å². The van der Waals surface area contributed by atoms with Gasteiger partial charge in [-0.25, -0.2) is 0 Å². The van der Waals surface area contributed by atoms with Gasteiger partial charge in [-0.3, -0.25) is 0 Å². The summed E-state index contributed by atoms with van der Waals surface area (Å²) in [5, 5.41) is 9.64. The predicted octanol–water partition coefficient (Wildman–Crippen LogP) is 1.16. The van der Waals surface area contributed by atoms with Gasteiger partial charge in [0.05, 0.1) is 12.2 Å². The van der Waals surface area contributed by atoms with Crippen molar-refractivity contribution in [1.29, 1.82) is 0 Å². The van der Waals surface area contributed by atoms with Gasteiger partial charge in [-0.2, -0.15) is 0 Å². The van der Waals surface area contributed by atoms with E-state index in [1.807, 2.05) is 13.8 Å². The molecule has 1 saturated heterocycles. The van der Waals surface area contributed by atoms with E-state index in [4.69, 9.17) is 9.26 Å². The fourth-order valence-electron chi connectivity index (χ4n) is 1.41. The molecule has 13 heavy (non-hydrogen) atoms. The van der Waals surface area contributed by atoms with Gasteiger partial charge in [-0.05, 0) is 11.5 Å². The van der Waals surface area contributed by atoms with Crippen molar-refractivity contribution in [2.24, 2.45) is 5.92 Å². The fraction of sp³-hybridized carbons (Fsp3) is 1.00. The van der Waals surface area contributed by atoms with Gasteiger partial charge in [0, 0.05) is 5.92 Å². The Bertz CT molecular complexity index is 197. The molecule has 5 heteroatoms. The highest BCUT2D eigenvalue weighted by atomic mass is 31.1. The largest absolute Gasteiger partial charge is 0.504 e. The van der Waals surface area contributed by atoms with Gasteiger partial charge in [-0.1, -0.05) is 6.92 Å². The third-order valence-electron chi connectivity index (χ3n) is 2.47. The SMILES string of the molecule is CC1OC(CO[P+](C)=O)C(O)C1C. The van der Waals surface area contributed by atoms with Crippen LogP contribution in [0.1, 0.15) is 13.8 Å². The molecule has 0 amide bonds. The molecule has 0 spiro atoms. The summed E-state index contributed by atoms with van der Waals surface area (Å²) in [7, 11) is -1.61. The lowest BCUT2D eigenvalue weighted by Crippen LogP contribution is -2.28. The van der Waals surface area contributed by atoms with Crippen LogP contribution in [0.4, 0.5) is 0 Å². The van der Waals surface area contributed by atoms with Crippen LogP contribution in [0.2, 0.25) is 0 Å². The lowest BCUT2D eigenvalue weighted by Gasteiger charge is -2.11. The Balaban J connectivity index is 2.40. The summed E-state index contributed by atoms with van der Waals surface area (Å²) in [4.78, 5) is 0. The van der Waals surface area contributed by atoms with Crippen molar-refractivity contribution in [1.82, 2.24) is 0 Å². The van der Waals surface area contributed by atoms with Crippen LogP contribution in [-0.4, -0.2) is 36.7 Å². The van der Waals surface area contributed by atoms with E-state index in [-0.39, 0.29) is 24.7 Å². The molecular weight excluding hydrogens is 191 g/mol. The maximum Gasteiger partial charge on any atom is 0.504 e. The summed E-state index contributed by atoms with van der Waals surface area (Å²) < 4.78 is 21.0. The Morgan fingerprint density at radius 2 is 2.15 bits per heavy atom. The highest BCUT2D eigenvalue weighted by molar-refractivity contribution is 7.38. The number of hydrogen-bond donors (Lipinski definition) is 1. The summed E-state index contributed by atoms with van der Waals surface area (Å²) in [5.41, 5.74) is 0. The summed E-state index contributed by atoms with van der Waals surface area (Å²) in [6, 6.07) is 0. The molecule has 0 bridgehead atoms. The first-order valence-electron chi connectivity index (χ1n) is 4.39. The molecule has 5 atom stereocenters. The van der Waals surface area contributed by atoms with E-state index in [1.54, 1.807) is 0 Å². The first-order chi connectivity index (χ1) is 6.02. The van der Waals surface area contributed by atoms with Crippen LogP contribution >= 0.6 is 8.03 Å². The molecule has 0 aromatic carbocycles. The Morgan fingerprint density at radius 1 is 1.54 bits per heavy atom. The molecule has 0 saturated carbocycles. The summed E-state index contributed by atoms with van der Waals surface area (Å²) in [5.74, 6) is 0.114. The van der Waals surface area contributed by atoms with Gasteiger partial charge < -0.3 is 9.84 Å². The van der Waals surface area contributed by atoms with E-state index in [1.165, 1.54) is 6.66 Å². The topological polar surface area (TPSA) is 55.8 Å². The molecule has 1 aliphatic rings. The Labute approximate surface area is 79.1 Å². The molecule has 5 unspecified atom stereocenters. The van der Waals surface area contributed by atoms with Crippen molar-refractivity contribution >= 4 is 8.03 Å². The minimum atomic E-state index is -1.61. The van der Waals surface area contributed by atoms with Crippen LogP contribution in [-0.2, 0) is 13.8 Å². The number of hydrogen-bond acceptors (Lipinski definition) is 4. The standard InChI is InChI=1S/C8H16O4P/c1-5-6(2)12-7(8(5)9)4-11-13(3)10/h5-9H,4H2,1-3H3/q+1. The van der Waals surface area contributed by atoms with Gasteiger partial charge in [0.25, 0.3) is 0 Å². The maximum atomic E-state index is 10.7. The average molecular weight is 207 g/mol. The van der Waals surface area contributed by atoms with Crippen LogP contribution in [0.5, 0.6) is 0 Å². The smallest absolute Gasteiger partial charge is 0.390 e. The zero-order chi connectivity index (χ0) is 10.0. The van der Waals surface area contributed by atoms with Crippen molar-refractivity contribution < 1.29 is 18.9 Å². The van der Waals surface area contributed by atoms with E-state index < -0.39 is 14.1 Å². The summed E-state index contributed by atoms with van der Waals surface area (Å²) in [6.45, 7) is 5.55. The van der Waals surface area contributed by atoms with Crippen LogP contribution in [0.3, 0.4) is 0 Å². The molecule has 0 aromatic rings. The Hall–Kier alpha value is -0.0200. The van der Waals surface area contributed by atoms with Crippen molar-refractivity contribution in [3.63, 3.8) is 0 Å². The average Bonchev–Trinajstić information content (AvgIpc) is 2.29. The Morgan fingerprint density at radius 3 is 2.54 bits per heavy atom. The highest BCUT2D eigenvalue weighted by Gasteiger charge is 2.39. The van der Waals surface area contributed by atoms with Crippen LogP contribution in [0.25, 0.3) is 0 Å². The van der Waals surface area contributed by atoms with Crippen LogP contribution in [0.15, 0.2) is 0 Å². The van der Waals surface area contributed by atoms with E-state index >= 15 is 0 Å². The van der Waals surface area contributed by atoms with E-state index in [0.29, 0.717) is 0 Å². The third kappa shape index (κ3) is 2.71. The molecule has 1 fully saturated rings. The van der Waals surface area contributed by atoms with Gasteiger partial charge in [0.15, 0.2) is 6.66 Å². The van der Waals surface area contributed by atoms with Crippen molar-refractivity contribution in [2.45, 2.75) is 32.2 Å². The molecular formula is C8H16O4P+. The Kier molecular flexibility index (Phi) is 3.80. The third-order valence-corrected chi connectivity index (χ3v) is 2.98. The first-order valence-corrected chi connectivity index (χ1v) is 6.02. The maximum absolute atomic E-state index is 10.7. The molecule has 1 rings (SSSR count). The second kappa shape index (κ2) is 4.47. The number of aliphatic hydroxyl groups excluding tert-OH is 1. The number of rotatable bonds is 3. The van der Waals surface area contributed by atoms with E-state index in [0.717, 1.165) is 0 Å². The monoisotopic (exact) mass is 207 g/mol. The highest BCUT2D eigenvalue weighted by Crippen LogP contribution is 2.28. The molecule has 4 nitrogen and oxygen atoms in total. The zero-order valence-electron chi connectivity index (χ0n) is 8.14. The fourth-order valence-corrected chi connectivity index (χ4v) is 1.77. The lowest BCUT2D eigenvalue weighted by molar-refractivity contribution is -0.00912. The number of aliphatic hydroxyl groups is 1. The van der Waals surface area contributed by atoms with Gasteiger partial charge in [0.1, 0.15) is 12.7 Å². The number of ether oxygens (including phenoxy) is 1. The van der Waals surface area contributed by atoms with Crippen LogP contribution in [0, 0.1) is 5.92 Å². The molecule has 1 aliphatic heterocycles. The minimum Gasteiger partial charge on any atom is -0.390 e. The van der Waals surface area contributed by atoms with Gasteiger partial charge in [0.2, 0.25) is 0 Å². The van der Waals surface area contributed by atoms with Crippen molar-refractivity contribution in [3.05, 3.63) is 0 Å². The normalized spacial score (nSPS) is 40.8. The second-order valence-corrected chi connectivity index (χ2v) is 4.60. The molecule has 76 valence electrons. The predicted molar refractivity (Wildman–Crippen MR) is 49.0 cm³/mol. The summed E-state index contributed by atoms with van der Waals surface area (Å²) in [6.07, 6.45) is -0.799. The zero-order valence-corrected chi connectivity index (χ0v) is 9.03. The van der Waals surface area contributed by atoms with Gasteiger partial charge >= 0.3 is 8.03 Å². The first kappa shape index (κ1) is 11.1. The van der Waals surface area contributed by atoms with Crippen molar-refractivity contribution in [2.75, 3.05) is 13.3 Å². The quantitative estimate of drug-likeness (QED) is 0.705. The van der Waals surface area contributed by atoms with Crippen LogP contribution < -0.4 is 0 Å². The second-order valence-electron chi connectivity index (χ2n) is 3.46. The van der Waals surface area contributed by atoms with Crippen molar-refractivity contribution in [3.8, 4) is 0 Å². The molecule has 0 radical (unpaired) electrons.